The highest BCUT2D eigenvalue weighted by atomic mass is 79.9. The van der Waals surface area contributed by atoms with Gasteiger partial charge in [-0.3, -0.25) is 0 Å². The second kappa shape index (κ2) is 8.52. The molecule has 1 N–H and O–H groups in total. The number of thiophene rings is 1. The Morgan fingerprint density at radius 3 is 2.66 bits per heavy atom. The number of nitrogens with zero attached hydrogens (tertiary/aromatic N) is 1. The molecule has 0 aromatic carbocycles. The zero-order chi connectivity index (χ0) is 20.0. The zero-order valence-corrected chi connectivity index (χ0v) is 19.2. The highest BCUT2D eigenvalue weighted by molar-refractivity contribution is 7.10. The summed E-state index contributed by atoms with van der Waals surface area (Å²) in [5.74, 6) is -4.06. The van der Waals surface area contributed by atoms with Gasteiger partial charge in [-0.05, 0) is 24.3 Å². The Labute approximate surface area is 185 Å². The lowest BCUT2D eigenvalue weighted by molar-refractivity contribution is -0.946. The molecule has 1 aliphatic carbocycles. The molecule has 29 heavy (non-hydrogen) atoms. The van der Waals surface area contributed by atoms with E-state index < -0.39 is 29.8 Å². The van der Waals surface area contributed by atoms with Crippen LogP contribution in [0.2, 0.25) is 0 Å². The molecule has 1 aromatic rings. The molecule has 4 heterocycles. The topological polar surface area (TPSA) is 46.5 Å². The predicted octanol–water partition coefficient (Wildman–Crippen LogP) is 0.937. The molecule has 0 spiro atoms. The van der Waals surface area contributed by atoms with E-state index >= 15 is 0 Å². The number of fused-ring (bicyclic) bond motifs is 3. The third-order valence-corrected chi connectivity index (χ3v) is 8.19. The van der Waals surface area contributed by atoms with E-state index in [0.717, 1.165) is 49.9 Å². The monoisotopic (exact) mass is 493 g/mol. The molecule has 4 fully saturated rings. The maximum atomic E-state index is 13.9. The van der Waals surface area contributed by atoms with Crippen LogP contribution in [0.4, 0.5) is 8.78 Å². The number of quaternary nitrogens is 1. The minimum Gasteiger partial charge on any atom is -1.00 e. The van der Waals surface area contributed by atoms with Crippen molar-refractivity contribution in [2.24, 2.45) is 11.8 Å². The molecule has 0 amide bonds. The van der Waals surface area contributed by atoms with Gasteiger partial charge in [0.1, 0.15) is 6.54 Å². The lowest BCUT2D eigenvalue weighted by Crippen LogP contribution is -3.00. The summed E-state index contributed by atoms with van der Waals surface area (Å²) >= 11 is 1.23. The summed E-state index contributed by atoms with van der Waals surface area (Å²) in [6.07, 6.45) is 2.27. The highest BCUT2D eigenvalue weighted by Gasteiger charge is 2.56. The normalized spacial score (nSPS) is 35.0. The summed E-state index contributed by atoms with van der Waals surface area (Å²) in [6.45, 7) is 6.27. The number of ether oxygens (including phenoxy) is 1. The van der Waals surface area contributed by atoms with Gasteiger partial charge in [0.2, 0.25) is 5.92 Å². The first-order chi connectivity index (χ1) is 13.3. The number of rotatable bonds is 6. The maximum Gasteiger partial charge on any atom is 0.344 e. The first-order valence-corrected chi connectivity index (χ1v) is 11.4. The third kappa shape index (κ3) is 4.27. The minimum atomic E-state index is -2.83. The van der Waals surface area contributed by atoms with Crippen molar-refractivity contribution in [2.45, 2.75) is 63.1 Å². The molecular formula is C21H30BrF2NO3S. The van der Waals surface area contributed by atoms with Crippen molar-refractivity contribution in [1.29, 1.82) is 0 Å². The van der Waals surface area contributed by atoms with Crippen LogP contribution in [0.15, 0.2) is 17.5 Å². The molecule has 2 unspecified atom stereocenters. The zero-order valence-electron chi connectivity index (χ0n) is 16.8. The second-order valence-electron chi connectivity index (χ2n) is 9.02. The van der Waals surface area contributed by atoms with E-state index in [2.05, 4.69) is 6.92 Å². The van der Waals surface area contributed by atoms with Crippen LogP contribution in [0, 0.1) is 11.8 Å². The quantitative estimate of drug-likeness (QED) is 0.473. The number of hydrogen-bond donors (Lipinski definition) is 1. The average molecular weight is 494 g/mol. The van der Waals surface area contributed by atoms with Gasteiger partial charge in [-0.1, -0.05) is 13.0 Å². The van der Waals surface area contributed by atoms with Gasteiger partial charge in [-0.2, -0.15) is 0 Å². The molecule has 2 bridgehead atoms. The van der Waals surface area contributed by atoms with Crippen LogP contribution in [-0.2, 0) is 15.1 Å². The van der Waals surface area contributed by atoms with Crippen molar-refractivity contribution < 1.29 is 44.9 Å². The van der Waals surface area contributed by atoms with Crippen LogP contribution >= 0.6 is 11.3 Å². The Bertz CT molecular complexity index is 703. The molecule has 3 saturated heterocycles. The van der Waals surface area contributed by atoms with Gasteiger partial charge in [-0.15, -0.1) is 11.3 Å². The van der Waals surface area contributed by atoms with Crippen molar-refractivity contribution in [3.8, 4) is 0 Å². The van der Waals surface area contributed by atoms with Crippen LogP contribution in [0.3, 0.4) is 0 Å². The number of alkyl halides is 2. The van der Waals surface area contributed by atoms with Gasteiger partial charge in [-0.25, -0.2) is 13.6 Å². The van der Waals surface area contributed by atoms with Crippen LogP contribution in [0.5, 0.6) is 0 Å². The number of carbonyl (C=O) groups is 1. The first kappa shape index (κ1) is 23.1. The molecule has 164 valence electrons. The van der Waals surface area contributed by atoms with Crippen LogP contribution < -0.4 is 17.0 Å². The van der Waals surface area contributed by atoms with Crippen LogP contribution in [0.25, 0.3) is 0 Å². The molecule has 1 saturated carbocycles. The van der Waals surface area contributed by atoms with E-state index in [1.165, 1.54) is 11.3 Å². The molecule has 4 aliphatic rings. The van der Waals surface area contributed by atoms with Crippen LogP contribution in [0.1, 0.15) is 50.3 Å². The number of halogens is 3. The Morgan fingerprint density at radius 2 is 2.10 bits per heavy atom. The molecule has 4 nitrogen and oxygen atoms in total. The van der Waals surface area contributed by atoms with Crippen molar-refractivity contribution in [3.05, 3.63) is 22.4 Å². The Kier molecular flexibility index (Phi) is 6.78. The summed E-state index contributed by atoms with van der Waals surface area (Å²) in [4.78, 5) is 13.7. The van der Waals surface area contributed by atoms with Gasteiger partial charge in [0.15, 0.2) is 11.7 Å². The summed E-state index contributed by atoms with van der Waals surface area (Å²) in [5.41, 5.74) is -1.98. The lowest BCUT2D eigenvalue weighted by atomic mass is 9.82. The van der Waals surface area contributed by atoms with Crippen LogP contribution in [-0.4, -0.2) is 53.8 Å². The predicted molar refractivity (Wildman–Crippen MR) is 103 cm³/mol. The van der Waals surface area contributed by atoms with Crippen molar-refractivity contribution in [3.63, 3.8) is 0 Å². The van der Waals surface area contributed by atoms with Gasteiger partial charge < -0.3 is 31.3 Å². The fourth-order valence-electron chi connectivity index (χ4n) is 5.64. The molecule has 1 aromatic heterocycles. The highest BCUT2D eigenvalue weighted by Crippen LogP contribution is 2.49. The smallest absolute Gasteiger partial charge is 0.344 e. The van der Waals surface area contributed by atoms with Gasteiger partial charge in [0, 0.05) is 42.4 Å². The van der Waals surface area contributed by atoms with Crippen molar-refractivity contribution in [2.75, 3.05) is 26.2 Å². The number of aliphatic hydroxyl groups is 1. The minimum absolute atomic E-state index is 0. The first-order valence-electron chi connectivity index (χ1n) is 10.5. The maximum absolute atomic E-state index is 13.9. The Morgan fingerprint density at radius 1 is 1.38 bits per heavy atom. The number of piperidine rings is 3. The average Bonchev–Trinajstić information content (AvgIpc) is 3.32. The van der Waals surface area contributed by atoms with E-state index in [1.807, 2.05) is 0 Å². The number of carbonyl (C=O) groups excluding carboxylic acids is 1. The lowest BCUT2D eigenvalue weighted by Gasteiger charge is -2.52. The second-order valence-corrected chi connectivity index (χ2v) is 9.96. The third-order valence-electron chi connectivity index (χ3n) is 7.20. The molecule has 3 aliphatic heterocycles. The van der Waals surface area contributed by atoms with Crippen molar-refractivity contribution >= 4 is 17.3 Å². The number of hydrogen-bond acceptors (Lipinski definition) is 4. The largest absolute Gasteiger partial charge is 1.00 e. The van der Waals surface area contributed by atoms with E-state index in [0.29, 0.717) is 10.8 Å². The van der Waals surface area contributed by atoms with E-state index in [4.69, 9.17) is 4.74 Å². The fraction of sp³-hybridized carbons (Fsp3) is 0.762. The summed E-state index contributed by atoms with van der Waals surface area (Å²) < 4.78 is 34.7. The van der Waals surface area contributed by atoms with Gasteiger partial charge >= 0.3 is 5.97 Å². The van der Waals surface area contributed by atoms with Gasteiger partial charge in [0.25, 0.3) is 0 Å². The Hall–Kier alpha value is -0.570. The Balaban J connectivity index is 0.00000240. The summed E-state index contributed by atoms with van der Waals surface area (Å²) in [7, 11) is 0. The standard InChI is InChI=1S/C21H30F2NO3S.BrH/c1-2-9-24-10-6-15(7-11-24)17(14-24)27-19(25)21(26,18-4-3-12-28-18)16-5-8-20(22,23)13-16;/h3-4,12,15-17,26H,2,5-11,13-14H2,1H3;1H/q+1;/p-1/t15?,16?,17-,21?,24?;/m0./s1. The molecule has 0 radical (unpaired) electrons. The van der Waals surface area contributed by atoms with E-state index in [1.54, 1.807) is 17.5 Å². The summed E-state index contributed by atoms with van der Waals surface area (Å²) in [5, 5.41) is 13.2. The van der Waals surface area contributed by atoms with E-state index in [-0.39, 0.29) is 35.9 Å². The molecule has 5 rings (SSSR count). The number of esters is 1. The molecule has 8 heteroatoms. The SMILES string of the molecule is CCC[N+]12CCC(CC1)[C@@H](OC(=O)C(O)(c1cccs1)C1CCC(F)(F)C1)C2.[Br-]. The fourth-order valence-corrected chi connectivity index (χ4v) is 6.53. The van der Waals surface area contributed by atoms with Crippen molar-refractivity contribution in [1.82, 2.24) is 0 Å². The molecular weight excluding hydrogens is 464 g/mol. The summed E-state index contributed by atoms with van der Waals surface area (Å²) in [6, 6.07) is 3.39. The van der Waals surface area contributed by atoms with E-state index in [9.17, 15) is 18.7 Å². The molecule has 3 atom stereocenters. The van der Waals surface area contributed by atoms with Gasteiger partial charge in [0.05, 0.1) is 19.6 Å².